The standard InChI is InChI=1S/C11H22N2O2.ClH/c1-15-9-8-12-6-7-13-11(14)5-4-10-2-3-10;/h10,12H,2-9H2,1H3,(H,13,14);1H. The molecular weight excluding hydrogens is 228 g/mol. The number of rotatable bonds is 9. The molecular formula is C11H23ClN2O2. The van der Waals surface area contributed by atoms with E-state index in [-0.39, 0.29) is 18.3 Å². The zero-order valence-corrected chi connectivity index (χ0v) is 10.8. The minimum atomic E-state index is 0. The molecule has 0 radical (unpaired) electrons. The van der Waals surface area contributed by atoms with Gasteiger partial charge in [0, 0.05) is 33.2 Å². The lowest BCUT2D eigenvalue weighted by atomic mass is 10.2. The summed E-state index contributed by atoms with van der Waals surface area (Å²) in [5.74, 6) is 1.03. The van der Waals surface area contributed by atoms with E-state index in [1.54, 1.807) is 7.11 Å². The number of amides is 1. The number of ether oxygens (including phenoxy) is 1. The third-order valence-corrected chi connectivity index (χ3v) is 2.58. The molecule has 0 aromatic carbocycles. The Bertz CT molecular complexity index is 187. The summed E-state index contributed by atoms with van der Waals surface area (Å²) >= 11 is 0. The first-order valence-electron chi connectivity index (χ1n) is 5.79. The van der Waals surface area contributed by atoms with E-state index in [2.05, 4.69) is 10.6 Å². The average molecular weight is 251 g/mol. The fraction of sp³-hybridized carbons (Fsp3) is 0.909. The summed E-state index contributed by atoms with van der Waals surface area (Å²) in [5.41, 5.74) is 0. The van der Waals surface area contributed by atoms with Gasteiger partial charge in [-0.15, -0.1) is 12.4 Å². The van der Waals surface area contributed by atoms with Gasteiger partial charge in [0.05, 0.1) is 6.61 Å². The predicted octanol–water partition coefficient (Wildman–Crippen LogP) is 0.951. The molecule has 0 heterocycles. The Kier molecular flexibility index (Phi) is 9.68. The highest BCUT2D eigenvalue weighted by Gasteiger charge is 2.21. The summed E-state index contributed by atoms with van der Waals surface area (Å²) in [5, 5.41) is 6.08. The van der Waals surface area contributed by atoms with Crippen molar-refractivity contribution in [2.24, 2.45) is 5.92 Å². The van der Waals surface area contributed by atoms with Crippen molar-refractivity contribution >= 4 is 18.3 Å². The number of nitrogens with one attached hydrogen (secondary N) is 2. The molecule has 1 aliphatic carbocycles. The summed E-state index contributed by atoms with van der Waals surface area (Å²) in [6, 6.07) is 0. The van der Waals surface area contributed by atoms with Crippen LogP contribution in [0.5, 0.6) is 0 Å². The molecule has 0 saturated heterocycles. The topological polar surface area (TPSA) is 50.4 Å². The molecule has 4 nitrogen and oxygen atoms in total. The van der Waals surface area contributed by atoms with Gasteiger partial charge >= 0.3 is 0 Å². The van der Waals surface area contributed by atoms with Crippen molar-refractivity contribution in [2.45, 2.75) is 25.7 Å². The third-order valence-electron chi connectivity index (χ3n) is 2.58. The predicted molar refractivity (Wildman–Crippen MR) is 67.0 cm³/mol. The normalized spacial score (nSPS) is 14.3. The van der Waals surface area contributed by atoms with Crippen LogP contribution in [-0.2, 0) is 9.53 Å². The van der Waals surface area contributed by atoms with E-state index in [0.717, 1.165) is 32.0 Å². The SMILES string of the molecule is COCCNCCNC(=O)CCC1CC1.Cl. The van der Waals surface area contributed by atoms with Crippen molar-refractivity contribution in [1.29, 1.82) is 0 Å². The van der Waals surface area contributed by atoms with E-state index < -0.39 is 0 Å². The maximum absolute atomic E-state index is 11.3. The lowest BCUT2D eigenvalue weighted by molar-refractivity contribution is -0.121. The molecule has 5 heteroatoms. The van der Waals surface area contributed by atoms with Gasteiger partial charge in [-0.25, -0.2) is 0 Å². The number of hydrogen-bond acceptors (Lipinski definition) is 3. The zero-order valence-electron chi connectivity index (χ0n) is 9.96. The molecule has 1 aliphatic rings. The van der Waals surface area contributed by atoms with Gasteiger partial charge < -0.3 is 15.4 Å². The number of methoxy groups -OCH3 is 1. The highest BCUT2D eigenvalue weighted by molar-refractivity contribution is 5.85. The Morgan fingerprint density at radius 3 is 2.69 bits per heavy atom. The van der Waals surface area contributed by atoms with E-state index in [1.807, 2.05) is 0 Å². The second-order valence-corrected chi connectivity index (χ2v) is 4.07. The Hall–Kier alpha value is -0.320. The molecule has 96 valence electrons. The smallest absolute Gasteiger partial charge is 0.220 e. The van der Waals surface area contributed by atoms with Crippen molar-refractivity contribution < 1.29 is 9.53 Å². The third kappa shape index (κ3) is 8.95. The van der Waals surface area contributed by atoms with E-state index in [0.29, 0.717) is 13.0 Å². The summed E-state index contributed by atoms with van der Waals surface area (Å²) in [4.78, 5) is 11.3. The zero-order chi connectivity index (χ0) is 10.9. The van der Waals surface area contributed by atoms with E-state index >= 15 is 0 Å². The monoisotopic (exact) mass is 250 g/mol. The number of halogens is 1. The lowest BCUT2D eigenvalue weighted by Crippen LogP contribution is -2.32. The second kappa shape index (κ2) is 9.87. The van der Waals surface area contributed by atoms with Crippen molar-refractivity contribution in [3.05, 3.63) is 0 Å². The molecule has 2 N–H and O–H groups in total. The summed E-state index contributed by atoms with van der Waals surface area (Å²) in [7, 11) is 1.68. The van der Waals surface area contributed by atoms with Crippen LogP contribution in [0.3, 0.4) is 0 Å². The van der Waals surface area contributed by atoms with Crippen LogP contribution in [-0.4, -0.2) is 39.3 Å². The minimum Gasteiger partial charge on any atom is -0.383 e. The summed E-state index contributed by atoms with van der Waals surface area (Å²) in [6.07, 6.45) is 4.42. The van der Waals surface area contributed by atoms with Crippen molar-refractivity contribution in [2.75, 3.05) is 33.4 Å². The lowest BCUT2D eigenvalue weighted by Gasteiger charge is -2.06. The highest BCUT2D eigenvalue weighted by atomic mass is 35.5. The average Bonchev–Trinajstić information content (AvgIpc) is 3.04. The van der Waals surface area contributed by atoms with Crippen LogP contribution in [0, 0.1) is 5.92 Å². The van der Waals surface area contributed by atoms with Gasteiger partial charge in [0.1, 0.15) is 0 Å². The molecule has 0 atom stereocenters. The van der Waals surface area contributed by atoms with E-state index in [4.69, 9.17) is 4.74 Å². The van der Waals surface area contributed by atoms with Crippen LogP contribution in [0.4, 0.5) is 0 Å². The Balaban J connectivity index is 0.00000225. The summed E-state index contributed by atoms with van der Waals surface area (Å²) < 4.78 is 4.89. The van der Waals surface area contributed by atoms with Gasteiger partial charge in [0.15, 0.2) is 0 Å². The number of carbonyl (C=O) groups is 1. The number of carbonyl (C=O) groups excluding carboxylic acids is 1. The molecule has 0 aliphatic heterocycles. The van der Waals surface area contributed by atoms with Gasteiger partial charge in [-0.05, 0) is 12.3 Å². The molecule has 1 rings (SSSR count). The second-order valence-electron chi connectivity index (χ2n) is 4.07. The van der Waals surface area contributed by atoms with Crippen LogP contribution >= 0.6 is 12.4 Å². The first-order chi connectivity index (χ1) is 7.33. The molecule has 1 saturated carbocycles. The summed E-state index contributed by atoms with van der Waals surface area (Å²) in [6.45, 7) is 3.09. The molecule has 16 heavy (non-hydrogen) atoms. The molecule has 0 bridgehead atoms. The Morgan fingerprint density at radius 2 is 2.06 bits per heavy atom. The van der Waals surface area contributed by atoms with Gasteiger partial charge in [-0.3, -0.25) is 4.79 Å². The maximum Gasteiger partial charge on any atom is 0.220 e. The van der Waals surface area contributed by atoms with Crippen molar-refractivity contribution in [3.8, 4) is 0 Å². The van der Waals surface area contributed by atoms with Crippen LogP contribution < -0.4 is 10.6 Å². The van der Waals surface area contributed by atoms with Crippen LogP contribution in [0.15, 0.2) is 0 Å². The molecule has 1 fully saturated rings. The van der Waals surface area contributed by atoms with Gasteiger partial charge in [0.2, 0.25) is 5.91 Å². The van der Waals surface area contributed by atoms with Crippen LogP contribution in [0.2, 0.25) is 0 Å². The molecule has 0 aromatic rings. The van der Waals surface area contributed by atoms with Crippen molar-refractivity contribution in [3.63, 3.8) is 0 Å². The van der Waals surface area contributed by atoms with Gasteiger partial charge in [-0.1, -0.05) is 12.8 Å². The van der Waals surface area contributed by atoms with E-state index in [1.165, 1.54) is 12.8 Å². The molecule has 1 amide bonds. The maximum atomic E-state index is 11.3. The first kappa shape index (κ1) is 15.7. The quantitative estimate of drug-likeness (QED) is 0.599. The fourth-order valence-electron chi connectivity index (χ4n) is 1.42. The molecule has 0 aromatic heterocycles. The van der Waals surface area contributed by atoms with Gasteiger partial charge in [-0.2, -0.15) is 0 Å². The first-order valence-corrected chi connectivity index (χ1v) is 5.79. The minimum absolute atomic E-state index is 0. The largest absolute Gasteiger partial charge is 0.383 e. The van der Waals surface area contributed by atoms with Crippen LogP contribution in [0.25, 0.3) is 0 Å². The number of hydrogen-bond donors (Lipinski definition) is 2. The van der Waals surface area contributed by atoms with Crippen LogP contribution in [0.1, 0.15) is 25.7 Å². The van der Waals surface area contributed by atoms with Crippen molar-refractivity contribution in [1.82, 2.24) is 10.6 Å². The molecule has 0 spiro atoms. The Labute approximate surface area is 104 Å². The van der Waals surface area contributed by atoms with Gasteiger partial charge in [0.25, 0.3) is 0 Å². The highest BCUT2D eigenvalue weighted by Crippen LogP contribution is 2.33. The fourth-order valence-corrected chi connectivity index (χ4v) is 1.42. The molecule has 0 unspecified atom stereocenters. The Morgan fingerprint density at radius 1 is 1.31 bits per heavy atom. The van der Waals surface area contributed by atoms with E-state index in [9.17, 15) is 4.79 Å².